The molecule has 1 saturated heterocycles. The lowest BCUT2D eigenvalue weighted by molar-refractivity contribution is -0.122. The average molecular weight is 408 g/mol. The Hall–Kier alpha value is -3.81. The minimum atomic E-state index is -0.789. The maximum Gasteiger partial charge on any atom is 0.335 e. The van der Waals surface area contributed by atoms with Crippen molar-refractivity contribution in [3.8, 4) is 17.2 Å². The molecule has 2 heterocycles. The van der Waals surface area contributed by atoms with Crippen LogP contribution in [0.1, 0.15) is 23.6 Å². The Bertz CT molecular complexity index is 1080. The lowest BCUT2D eigenvalue weighted by Crippen LogP contribution is -2.54. The van der Waals surface area contributed by atoms with Crippen molar-refractivity contribution in [2.75, 3.05) is 18.3 Å². The van der Waals surface area contributed by atoms with Crippen LogP contribution in [-0.2, 0) is 9.59 Å². The molecule has 30 heavy (non-hydrogen) atoms. The van der Waals surface area contributed by atoms with Crippen LogP contribution in [0.2, 0.25) is 0 Å². The predicted octanol–water partition coefficient (Wildman–Crippen LogP) is 3.10. The predicted molar refractivity (Wildman–Crippen MR) is 109 cm³/mol. The zero-order valence-electron chi connectivity index (χ0n) is 16.8. The highest BCUT2D eigenvalue weighted by Gasteiger charge is 2.37. The summed E-state index contributed by atoms with van der Waals surface area (Å²) in [5.41, 5.74) is 2.46. The highest BCUT2D eigenvalue weighted by molar-refractivity contribution is 6.39. The molecule has 0 spiro atoms. The van der Waals surface area contributed by atoms with Crippen LogP contribution < -0.4 is 24.4 Å². The quantitative estimate of drug-likeness (QED) is 0.617. The smallest absolute Gasteiger partial charge is 0.335 e. The molecule has 0 radical (unpaired) electrons. The zero-order chi connectivity index (χ0) is 21.4. The Morgan fingerprint density at radius 3 is 2.37 bits per heavy atom. The number of aryl methyl sites for hydroxylation is 2. The van der Waals surface area contributed by atoms with Crippen LogP contribution in [0, 0.1) is 13.8 Å². The minimum Gasteiger partial charge on any atom is -0.493 e. The first-order valence-corrected chi connectivity index (χ1v) is 9.43. The van der Waals surface area contributed by atoms with Gasteiger partial charge in [-0.1, -0.05) is 6.07 Å². The number of carbonyl (C=O) groups excluding carboxylic acids is 3. The summed E-state index contributed by atoms with van der Waals surface area (Å²) in [6.45, 7) is 6.01. The van der Waals surface area contributed by atoms with Crippen LogP contribution in [0.4, 0.5) is 10.5 Å². The molecular weight excluding hydrogens is 388 g/mol. The molecule has 2 aromatic carbocycles. The van der Waals surface area contributed by atoms with E-state index in [-0.39, 0.29) is 12.4 Å². The molecule has 0 aromatic heterocycles. The van der Waals surface area contributed by atoms with Crippen molar-refractivity contribution in [3.63, 3.8) is 0 Å². The summed E-state index contributed by atoms with van der Waals surface area (Å²) in [6, 6.07) is 7.85. The van der Waals surface area contributed by atoms with Crippen LogP contribution in [0.5, 0.6) is 17.2 Å². The second-order valence-electron chi connectivity index (χ2n) is 6.98. The standard InChI is InChI=1S/C22H20N2O6/c1-4-28-17-10-19-18(29-11-30-19)9-14(17)8-16-20(25)23-22(27)24(21(16)26)15-6-12(2)5-13(3)7-15/h5-10H,4,11H2,1-3H3,(H,23,25,27)/b16-8+. The lowest BCUT2D eigenvalue weighted by atomic mass is 10.0. The Kier molecular flexibility index (Phi) is 4.91. The second-order valence-corrected chi connectivity index (χ2v) is 6.98. The molecular formula is C22H20N2O6. The molecule has 0 bridgehead atoms. The molecule has 1 fully saturated rings. The molecule has 4 rings (SSSR count). The van der Waals surface area contributed by atoms with E-state index in [1.54, 1.807) is 24.3 Å². The highest BCUT2D eigenvalue weighted by Crippen LogP contribution is 2.39. The number of barbiturate groups is 1. The van der Waals surface area contributed by atoms with Crippen molar-refractivity contribution in [1.29, 1.82) is 0 Å². The average Bonchev–Trinajstić information content (AvgIpc) is 3.11. The van der Waals surface area contributed by atoms with Crippen LogP contribution >= 0.6 is 0 Å². The molecule has 0 atom stereocenters. The number of carbonyl (C=O) groups is 3. The topological polar surface area (TPSA) is 94.2 Å². The fourth-order valence-corrected chi connectivity index (χ4v) is 3.46. The maximum atomic E-state index is 13.2. The van der Waals surface area contributed by atoms with E-state index in [9.17, 15) is 14.4 Å². The van der Waals surface area contributed by atoms with Gasteiger partial charge in [0.05, 0.1) is 12.3 Å². The Balaban J connectivity index is 1.78. The van der Waals surface area contributed by atoms with E-state index in [0.29, 0.717) is 35.1 Å². The molecule has 2 aliphatic heterocycles. The molecule has 4 amide bonds. The number of nitrogens with zero attached hydrogens (tertiary/aromatic N) is 1. The summed E-state index contributed by atoms with van der Waals surface area (Å²) in [5, 5.41) is 2.23. The fraction of sp³-hybridized carbons (Fsp3) is 0.227. The van der Waals surface area contributed by atoms with E-state index < -0.39 is 17.8 Å². The Morgan fingerprint density at radius 2 is 1.70 bits per heavy atom. The number of imide groups is 2. The van der Waals surface area contributed by atoms with Gasteiger partial charge in [-0.25, -0.2) is 9.69 Å². The third-order valence-electron chi connectivity index (χ3n) is 4.67. The van der Waals surface area contributed by atoms with Crippen molar-refractivity contribution in [1.82, 2.24) is 5.32 Å². The zero-order valence-corrected chi connectivity index (χ0v) is 16.8. The number of amides is 4. The van der Waals surface area contributed by atoms with E-state index in [1.807, 2.05) is 26.8 Å². The molecule has 0 saturated carbocycles. The summed E-state index contributed by atoms with van der Waals surface area (Å²) in [5.74, 6) is -0.0485. The number of hydrogen-bond donors (Lipinski definition) is 1. The first-order valence-electron chi connectivity index (χ1n) is 9.43. The van der Waals surface area contributed by atoms with Crippen molar-refractivity contribution >= 4 is 29.6 Å². The largest absolute Gasteiger partial charge is 0.493 e. The molecule has 8 nitrogen and oxygen atoms in total. The number of ether oxygens (including phenoxy) is 3. The number of benzene rings is 2. The van der Waals surface area contributed by atoms with Gasteiger partial charge in [0.15, 0.2) is 11.5 Å². The van der Waals surface area contributed by atoms with Crippen LogP contribution in [-0.4, -0.2) is 31.2 Å². The van der Waals surface area contributed by atoms with Crippen molar-refractivity contribution in [3.05, 3.63) is 52.6 Å². The van der Waals surface area contributed by atoms with E-state index >= 15 is 0 Å². The molecule has 1 N–H and O–H groups in total. The van der Waals surface area contributed by atoms with Gasteiger partial charge in [0.25, 0.3) is 11.8 Å². The third kappa shape index (κ3) is 3.47. The third-order valence-corrected chi connectivity index (χ3v) is 4.67. The van der Waals surface area contributed by atoms with E-state index in [2.05, 4.69) is 5.32 Å². The molecule has 2 aromatic rings. The number of hydrogen-bond acceptors (Lipinski definition) is 6. The van der Waals surface area contributed by atoms with Gasteiger partial charge in [-0.15, -0.1) is 0 Å². The van der Waals surface area contributed by atoms with Crippen molar-refractivity contribution in [2.45, 2.75) is 20.8 Å². The molecule has 2 aliphatic rings. The number of anilines is 1. The van der Waals surface area contributed by atoms with Gasteiger partial charge >= 0.3 is 6.03 Å². The first-order chi connectivity index (χ1) is 14.4. The van der Waals surface area contributed by atoms with Crippen LogP contribution in [0.25, 0.3) is 6.08 Å². The number of fused-ring (bicyclic) bond motifs is 1. The van der Waals surface area contributed by atoms with Crippen molar-refractivity contribution in [2.24, 2.45) is 0 Å². The van der Waals surface area contributed by atoms with Crippen LogP contribution in [0.15, 0.2) is 35.9 Å². The second kappa shape index (κ2) is 7.55. The molecule has 0 unspecified atom stereocenters. The summed E-state index contributed by atoms with van der Waals surface area (Å²) in [6.07, 6.45) is 1.40. The van der Waals surface area contributed by atoms with Gasteiger partial charge in [-0.3, -0.25) is 14.9 Å². The number of rotatable bonds is 4. The van der Waals surface area contributed by atoms with Crippen LogP contribution in [0.3, 0.4) is 0 Å². The highest BCUT2D eigenvalue weighted by atomic mass is 16.7. The Labute approximate surface area is 173 Å². The van der Waals surface area contributed by atoms with Gasteiger partial charge in [0.1, 0.15) is 11.3 Å². The maximum absolute atomic E-state index is 13.2. The summed E-state index contributed by atoms with van der Waals surface area (Å²) >= 11 is 0. The lowest BCUT2D eigenvalue weighted by Gasteiger charge is -2.27. The number of urea groups is 1. The van der Waals surface area contributed by atoms with Gasteiger partial charge in [0.2, 0.25) is 6.79 Å². The summed E-state index contributed by atoms with van der Waals surface area (Å²) in [7, 11) is 0. The van der Waals surface area contributed by atoms with E-state index in [4.69, 9.17) is 14.2 Å². The molecule has 8 heteroatoms. The van der Waals surface area contributed by atoms with E-state index in [1.165, 1.54) is 6.08 Å². The van der Waals surface area contributed by atoms with Gasteiger partial charge in [-0.05, 0) is 56.2 Å². The first kappa shape index (κ1) is 19.5. The normalized spacial score (nSPS) is 16.8. The van der Waals surface area contributed by atoms with Crippen molar-refractivity contribution < 1.29 is 28.6 Å². The fourth-order valence-electron chi connectivity index (χ4n) is 3.46. The summed E-state index contributed by atoms with van der Waals surface area (Å²) < 4.78 is 16.4. The minimum absolute atomic E-state index is 0.0787. The summed E-state index contributed by atoms with van der Waals surface area (Å²) in [4.78, 5) is 39.0. The molecule has 0 aliphatic carbocycles. The Morgan fingerprint density at radius 1 is 1.03 bits per heavy atom. The monoisotopic (exact) mass is 408 g/mol. The van der Waals surface area contributed by atoms with Gasteiger partial charge < -0.3 is 14.2 Å². The van der Waals surface area contributed by atoms with Gasteiger partial charge in [-0.2, -0.15) is 0 Å². The SMILES string of the molecule is CCOc1cc2c(cc1/C=C1\C(=O)NC(=O)N(c3cc(C)cc(C)c3)C1=O)OCO2. The van der Waals surface area contributed by atoms with Gasteiger partial charge in [0, 0.05) is 11.6 Å². The van der Waals surface area contributed by atoms with E-state index in [0.717, 1.165) is 16.0 Å². The molecule has 154 valence electrons. The number of nitrogens with one attached hydrogen (secondary N) is 1.